The molecule has 118 valence electrons. The predicted molar refractivity (Wildman–Crippen MR) is 86.5 cm³/mol. The molecule has 1 aromatic carbocycles. The number of rotatable bonds is 3. The van der Waals surface area contributed by atoms with E-state index >= 15 is 0 Å². The van der Waals surface area contributed by atoms with Crippen molar-refractivity contribution in [1.29, 1.82) is 0 Å². The summed E-state index contributed by atoms with van der Waals surface area (Å²) in [4.78, 5) is 0.421. The molecular weight excluding hydrogens is 308 g/mol. The van der Waals surface area contributed by atoms with Crippen LogP contribution in [0.4, 0.5) is 0 Å². The molecule has 1 heterocycles. The van der Waals surface area contributed by atoms with Crippen LogP contribution >= 0.6 is 12.4 Å². The maximum absolute atomic E-state index is 12.5. The van der Waals surface area contributed by atoms with Gasteiger partial charge in [0.25, 0.3) is 0 Å². The Morgan fingerprint density at radius 2 is 2.00 bits per heavy atom. The maximum Gasteiger partial charge on any atom is 0.240 e. The molecule has 1 aromatic rings. The molecule has 6 heteroatoms. The van der Waals surface area contributed by atoms with Crippen molar-refractivity contribution in [3.05, 3.63) is 29.3 Å². The highest BCUT2D eigenvalue weighted by Gasteiger charge is 2.25. The van der Waals surface area contributed by atoms with Gasteiger partial charge in [-0.15, -0.1) is 12.4 Å². The fourth-order valence-electron chi connectivity index (χ4n) is 3.24. The Labute approximate surface area is 133 Å². The van der Waals surface area contributed by atoms with E-state index in [2.05, 4.69) is 17.0 Å². The van der Waals surface area contributed by atoms with Gasteiger partial charge < -0.3 is 5.32 Å². The van der Waals surface area contributed by atoms with Crippen LogP contribution in [0.5, 0.6) is 0 Å². The van der Waals surface area contributed by atoms with Crippen LogP contribution < -0.4 is 10.0 Å². The summed E-state index contributed by atoms with van der Waals surface area (Å²) in [6, 6.07) is 6.00. The van der Waals surface area contributed by atoms with Gasteiger partial charge in [0.15, 0.2) is 0 Å². The lowest BCUT2D eigenvalue weighted by molar-refractivity contribution is 0.361. The summed E-state index contributed by atoms with van der Waals surface area (Å²) in [6.45, 7) is 2.97. The second-order valence-corrected chi connectivity index (χ2v) is 7.70. The van der Waals surface area contributed by atoms with Crippen molar-refractivity contribution in [3.63, 3.8) is 0 Å². The number of nitrogens with one attached hydrogen (secondary N) is 2. The molecule has 0 amide bonds. The largest absolute Gasteiger partial charge is 0.314 e. The Hall–Kier alpha value is -0.620. The van der Waals surface area contributed by atoms with Gasteiger partial charge >= 0.3 is 0 Å². The molecule has 0 radical (unpaired) electrons. The minimum Gasteiger partial charge on any atom is -0.314 e. The molecule has 4 nitrogen and oxygen atoms in total. The first-order valence-electron chi connectivity index (χ1n) is 7.42. The van der Waals surface area contributed by atoms with Crippen LogP contribution in [0, 0.1) is 0 Å². The molecule has 2 atom stereocenters. The second-order valence-electron chi connectivity index (χ2n) is 5.98. The van der Waals surface area contributed by atoms with Gasteiger partial charge in [-0.1, -0.05) is 6.07 Å². The molecule has 0 spiro atoms. The summed E-state index contributed by atoms with van der Waals surface area (Å²) in [5.41, 5.74) is 2.51. The Morgan fingerprint density at radius 1 is 1.24 bits per heavy atom. The number of hydrogen-bond donors (Lipinski definition) is 2. The first kappa shape index (κ1) is 16.7. The van der Waals surface area contributed by atoms with Crippen molar-refractivity contribution in [3.8, 4) is 0 Å². The molecule has 1 saturated heterocycles. The van der Waals surface area contributed by atoms with Gasteiger partial charge in [0, 0.05) is 12.1 Å². The third kappa shape index (κ3) is 3.77. The van der Waals surface area contributed by atoms with Gasteiger partial charge in [0.2, 0.25) is 10.0 Å². The van der Waals surface area contributed by atoms with Crippen LogP contribution in [0.2, 0.25) is 0 Å². The number of hydrogen-bond acceptors (Lipinski definition) is 3. The van der Waals surface area contributed by atoms with E-state index in [4.69, 9.17) is 0 Å². The molecule has 1 aliphatic carbocycles. The zero-order valence-electron chi connectivity index (χ0n) is 12.3. The lowest BCUT2D eigenvalue weighted by Gasteiger charge is -2.28. The van der Waals surface area contributed by atoms with E-state index in [0.717, 1.165) is 38.6 Å². The first-order valence-corrected chi connectivity index (χ1v) is 8.90. The van der Waals surface area contributed by atoms with Crippen LogP contribution in [0.3, 0.4) is 0 Å². The number of fused-ring (bicyclic) bond motifs is 1. The molecule has 2 aliphatic rings. The highest BCUT2D eigenvalue weighted by Crippen LogP contribution is 2.25. The van der Waals surface area contributed by atoms with E-state index in [1.54, 1.807) is 6.07 Å². The Bertz CT molecular complexity index is 604. The molecule has 21 heavy (non-hydrogen) atoms. The second kappa shape index (κ2) is 6.65. The SMILES string of the molecule is CC1CC(NS(=O)(=O)c2ccc3c(c2)CCC3)CCN1.Cl. The summed E-state index contributed by atoms with van der Waals surface area (Å²) in [5.74, 6) is 0. The minimum atomic E-state index is -3.38. The van der Waals surface area contributed by atoms with E-state index < -0.39 is 10.0 Å². The van der Waals surface area contributed by atoms with Crippen LogP contribution in [-0.4, -0.2) is 27.0 Å². The lowest BCUT2D eigenvalue weighted by Crippen LogP contribution is -2.46. The normalized spacial score (nSPS) is 25.2. The quantitative estimate of drug-likeness (QED) is 0.891. The minimum absolute atomic E-state index is 0. The average Bonchev–Trinajstić information content (AvgIpc) is 2.85. The fourth-order valence-corrected chi connectivity index (χ4v) is 4.58. The fraction of sp³-hybridized carbons (Fsp3) is 0.600. The third-order valence-electron chi connectivity index (χ3n) is 4.33. The maximum atomic E-state index is 12.5. The number of sulfonamides is 1. The number of halogens is 1. The van der Waals surface area contributed by atoms with Crippen molar-refractivity contribution >= 4 is 22.4 Å². The summed E-state index contributed by atoms with van der Waals surface area (Å²) in [7, 11) is -3.38. The van der Waals surface area contributed by atoms with Crippen molar-refractivity contribution in [1.82, 2.24) is 10.0 Å². The monoisotopic (exact) mass is 330 g/mol. The first-order chi connectivity index (χ1) is 9.54. The Morgan fingerprint density at radius 3 is 2.76 bits per heavy atom. The van der Waals surface area contributed by atoms with E-state index in [-0.39, 0.29) is 18.4 Å². The summed E-state index contributed by atoms with van der Waals surface area (Å²) in [5, 5.41) is 3.34. The topological polar surface area (TPSA) is 58.2 Å². The highest BCUT2D eigenvalue weighted by atomic mass is 35.5. The Kier molecular flexibility index (Phi) is 5.30. The zero-order valence-corrected chi connectivity index (χ0v) is 13.9. The molecule has 1 aliphatic heterocycles. The summed E-state index contributed by atoms with van der Waals surface area (Å²) >= 11 is 0. The van der Waals surface area contributed by atoms with Crippen LogP contribution in [0.15, 0.2) is 23.1 Å². The van der Waals surface area contributed by atoms with Crippen molar-refractivity contribution < 1.29 is 8.42 Å². The van der Waals surface area contributed by atoms with Crippen molar-refractivity contribution in [2.75, 3.05) is 6.54 Å². The van der Waals surface area contributed by atoms with E-state index in [1.807, 2.05) is 12.1 Å². The zero-order chi connectivity index (χ0) is 14.2. The molecule has 2 unspecified atom stereocenters. The van der Waals surface area contributed by atoms with Gasteiger partial charge in [0.1, 0.15) is 0 Å². The lowest BCUT2D eigenvalue weighted by atomic mass is 10.0. The number of piperidine rings is 1. The van der Waals surface area contributed by atoms with Gasteiger partial charge in [0.05, 0.1) is 4.90 Å². The van der Waals surface area contributed by atoms with Crippen LogP contribution in [-0.2, 0) is 22.9 Å². The van der Waals surface area contributed by atoms with Crippen LogP contribution in [0.1, 0.15) is 37.3 Å². The van der Waals surface area contributed by atoms with Crippen LogP contribution in [0.25, 0.3) is 0 Å². The van der Waals surface area contributed by atoms with Gasteiger partial charge in [-0.2, -0.15) is 0 Å². The summed E-state index contributed by atoms with van der Waals surface area (Å²) in [6.07, 6.45) is 4.93. The summed E-state index contributed by atoms with van der Waals surface area (Å²) < 4.78 is 27.8. The Balaban J connectivity index is 0.00000161. The molecule has 1 fully saturated rings. The number of aryl methyl sites for hydroxylation is 2. The molecule has 2 N–H and O–H groups in total. The smallest absolute Gasteiger partial charge is 0.240 e. The van der Waals surface area contributed by atoms with E-state index in [1.165, 1.54) is 11.1 Å². The van der Waals surface area contributed by atoms with Gasteiger partial charge in [-0.3, -0.25) is 0 Å². The third-order valence-corrected chi connectivity index (χ3v) is 5.84. The molecular formula is C15H23ClN2O2S. The predicted octanol–water partition coefficient (Wildman–Crippen LogP) is 2.02. The van der Waals surface area contributed by atoms with E-state index in [0.29, 0.717) is 10.9 Å². The molecule has 3 rings (SSSR count). The van der Waals surface area contributed by atoms with Gasteiger partial charge in [-0.05, 0) is 68.8 Å². The molecule has 0 saturated carbocycles. The highest BCUT2D eigenvalue weighted by molar-refractivity contribution is 7.89. The van der Waals surface area contributed by atoms with E-state index in [9.17, 15) is 8.42 Å². The molecule has 0 bridgehead atoms. The standard InChI is InChI=1S/C15H22N2O2S.ClH/c1-11-9-14(7-8-16-11)17-20(18,19)15-6-5-12-3-2-4-13(12)10-15;/h5-6,10-11,14,16-17H,2-4,7-9H2,1H3;1H. The average molecular weight is 331 g/mol. The molecule has 0 aromatic heterocycles. The van der Waals surface area contributed by atoms with Crippen molar-refractivity contribution in [2.45, 2.75) is 56.0 Å². The number of benzene rings is 1. The van der Waals surface area contributed by atoms with Crippen molar-refractivity contribution in [2.24, 2.45) is 0 Å². The van der Waals surface area contributed by atoms with Gasteiger partial charge in [-0.25, -0.2) is 13.1 Å².